The molecule has 0 unspecified atom stereocenters. The van der Waals surface area contributed by atoms with E-state index < -0.39 is 5.60 Å². The molecule has 3 aliphatic carbocycles. The van der Waals surface area contributed by atoms with Gasteiger partial charge in [0.2, 0.25) is 0 Å². The molecule has 0 heterocycles. The van der Waals surface area contributed by atoms with Gasteiger partial charge in [0.05, 0.1) is 5.60 Å². The standard InChI is InChI=1S/C20H30O/c1-14(2)16-8-11-18(4)13-20(21)15(3)7-6-10-19(20,5)12-9-17(16)18/h8-9,14,21H,3,6-7,10-13H2,1-2,4-5H3/t18-,19+,20+/m0/s1. The summed E-state index contributed by atoms with van der Waals surface area (Å²) in [4.78, 5) is 0. The lowest BCUT2D eigenvalue weighted by Gasteiger charge is -2.51. The second-order valence-electron chi connectivity index (χ2n) is 8.46. The van der Waals surface area contributed by atoms with Crippen LogP contribution in [-0.2, 0) is 0 Å². The fourth-order valence-electron chi connectivity index (χ4n) is 5.02. The van der Waals surface area contributed by atoms with Crippen molar-refractivity contribution in [3.63, 3.8) is 0 Å². The molecule has 21 heavy (non-hydrogen) atoms. The molecule has 1 N–H and O–H groups in total. The van der Waals surface area contributed by atoms with Crippen molar-refractivity contribution in [2.45, 2.75) is 71.8 Å². The highest BCUT2D eigenvalue weighted by Crippen LogP contribution is 2.60. The Morgan fingerprint density at radius 3 is 2.57 bits per heavy atom. The smallest absolute Gasteiger partial charge is 0.0918 e. The Kier molecular flexibility index (Phi) is 3.30. The molecule has 0 aliphatic heterocycles. The van der Waals surface area contributed by atoms with Crippen molar-refractivity contribution in [1.82, 2.24) is 0 Å². The summed E-state index contributed by atoms with van der Waals surface area (Å²) >= 11 is 0. The van der Waals surface area contributed by atoms with Crippen molar-refractivity contribution >= 4 is 0 Å². The minimum atomic E-state index is -0.696. The highest BCUT2D eigenvalue weighted by Gasteiger charge is 2.56. The molecule has 1 fully saturated rings. The molecule has 0 bridgehead atoms. The van der Waals surface area contributed by atoms with Gasteiger partial charge in [-0.3, -0.25) is 0 Å². The van der Waals surface area contributed by atoms with Crippen LogP contribution in [0.4, 0.5) is 0 Å². The Hall–Kier alpha value is -0.820. The molecule has 1 heteroatoms. The maximum absolute atomic E-state index is 11.6. The summed E-state index contributed by atoms with van der Waals surface area (Å²) in [6, 6.07) is 0. The topological polar surface area (TPSA) is 20.2 Å². The maximum atomic E-state index is 11.6. The first-order chi connectivity index (χ1) is 9.72. The number of fused-ring (bicyclic) bond motifs is 2. The van der Waals surface area contributed by atoms with E-state index in [1.54, 1.807) is 0 Å². The molecule has 1 saturated carbocycles. The summed E-state index contributed by atoms with van der Waals surface area (Å²) in [5, 5.41) is 11.6. The average Bonchev–Trinajstić information content (AvgIpc) is 2.67. The molecular formula is C20H30O. The van der Waals surface area contributed by atoms with E-state index >= 15 is 0 Å². The molecule has 3 rings (SSSR count). The van der Waals surface area contributed by atoms with Gasteiger partial charge in [-0.25, -0.2) is 0 Å². The van der Waals surface area contributed by atoms with Gasteiger partial charge >= 0.3 is 0 Å². The molecule has 0 aromatic heterocycles. The van der Waals surface area contributed by atoms with E-state index in [0.29, 0.717) is 5.92 Å². The molecular weight excluding hydrogens is 256 g/mol. The lowest BCUT2D eigenvalue weighted by Crippen LogP contribution is -2.51. The maximum Gasteiger partial charge on any atom is 0.0918 e. The Labute approximate surface area is 129 Å². The third kappa shape index (κ3) is 2.00. The zero-order valence-electron chi connectivity index (χ0n) is 14.1. The van der Waals surface area contributed by atoms with Crippen LogP contribution >= 0.6 is 0 Å². The Morgan fingerprint density at radius 1 is 1.19 bits per heavy atom. The highest BCUT2D eigenvalue weighted by molar-refractivity contribution is 5.46. The summed E-state index contributed by atoms with van der Waals surface area (Å²) in [5.41, 5.74) is 3.45. The van der Waals surface area contributed by atoms with Crippen LogP contribution in [0.2, 0.25) is 0 Å². The van der Waals surface area contributed by atoms with E-state index in [2.05, 4.69) is 46.4 Å². The SMILES string of the molecule is C=C1CCC[C@]2(C)CC=C3C(C(C)C)=CC[C@@]3(C)C[C@@]12O. The van der Waals surface area contributed by atoms with Crippen LogP contribution in [0.3, 0.4) is 0 Å². The van der Waals surface area contributed by atoms with Gasteiger partial charge in [0.25, 0.3) is 0 Å². The van der Waals surface area contributed by atoms with E-state index in [9.17, 15) is 5.11 Å². The van der Waals surface area contributed by atoms with Crippen molar-refractivity contribution in [3.8, 4) is 0 Å². The molecule has 0 aromatic carbocycles. The summed E-state index contributed by atoms with van der Waals surface area (Å²) in [6.45, 7) is 13.5. The van der Waals surface area contributed by atoms with E-state index in [-0.39, 0.29) is 10.8 Å². The molecule has 0 saturated heterocycles. The van der Waals surface area contributed by atoms with E-state index in [0.717, 1.165) is 37.7 Å². The number of allylic oxidation sites excluding steroid dienone is 4. The number of hydrogen-bond acceptors (Lipinski definition) is 1. The van der Waals surface area contributed by atoms with Gasteiger partial charge in [0, 0.05) is 5.41 Å². The quantitative estimate of drug-likeness (QED) is 0.659. The van der Waals surface area contributed by atoms with Crippen molar-refractivity contribution in [2.75, 3.05) is 0 Å². The second-order valence-corrected chi connectivity index (χ2v) is 8.46. The summed E-state index contributed by atoms with van der Waals surface area (Å²) in [5.74, 6) is 0.573. The summed E-state index contributed by atoms with van der Waals surface area (Å²) in [7, 11) is 0. The number of aliphatic hydroxyl groups is 1. The van der Waals surface area contributed by atoms with E-state index in [1.807, 2.05) is 0 Å². The first-order valence-electron chi connectivity index (χ1n) is 8.54. The first-order valence-corrected chi connectivity index (χ1v) is 8.54. The van der Waals surface area contributed by atoms with Crippen LogP contribution in [0.1, 0.15) is 66.2 Å². The van der Waals surface area contributed by atoms with Crippen molar-refractivity contribution in [3.05, 3.63) is 35.5 Å². The number of rotatable bonds is 1. The van der Waals surface area contributed by atoms with Crippen LogP contribution in [-0.4, -0.2) is 10.7 Å². The molecule has 0 aromatic rings. The van der Waals surface area contributed by atoms with Gasteiger partial charge in [-0.2, -0.15) is 0 Å². The van der Waals surface area contributed by atoms with Crippen LogP contribution in [0.5, 0.6) is 0 Å². The van der Waals surface area contributed by atoms with Crippen LogP contribution in [0.25, 0.3) is 0 Å². The normalized spacial score (nSPS) is 43.0. The minimum absolute atomic E-state index is 0.0369. The van der Waals surface area contributed by atoms with Gasteiger partial charge in [0.15, 0.2) is 0 Å². The summed E-state index contributed by atoms with van der Waals surface area (Å²) in [6.07, 6.45) is 11.0. The predicted octanol–water partition coefficient (Wildman–Crippen LogP) is 5.18. The zero-order chi connectivity index (χ0) is 15.5. The molecule has 3 atom stereocenters. The Bertz CT molecular complexity index is 538. The van der Waals surface area contributed by atoms with Gasteiger partial charge < -0.3 is 5.11 Å². The highest BCUT2D eigenvalue weighted by atomic mass is 16.3. The zero-order valence-corrected chi connectivity index (χ0v) is 14.1. The average molecular weight is 286 g/mol. The van der Waals surface area contributed by atoms with Crippen LogP contribution in [0, 0.1) is 16.7 Å². The van der Waals surface area contributed by atoms with Crippen molar-refractivity contribution in [2.24, 2.45) is 16.7 Å². The third-order valence-electron chi connectivity index (χ3n) is 6.55. The molecule has 1 nitrogen and oxygen atoms in total. The molecule has 0 spiro atoms. The fourth-order valence-corrected chi connectivity index (χ4v) is 5.02. The molecule has 0 amide bonds. The largest absolute Gasteiger partial charge is 0.385 e. The van der Waals surface area contributed by atoms with E-state index in [1.165, 1.54) is 17.6 Å². The fraction of sp³-hybridized carbons (Fsp3) is 0.700. The molecule has 3 aliphatic rings. The Morgan fingerprint density at radius 2 is 1.90 bits per heavy atom. The third-order valence-corrected chi connectivity index (χ3v) is 6.55. The van der Waals surface area contributed by atoms with Crippen LogP contribution < -0.4 is 0 Å². The molecule has 0 radical (unpaired) electrons. The summed E-state index contributed by atoms with van der Waals surface area (Å²) < 4.78 is 0. The lowest BCUT2D eigenvalue weighted by molar-refractivity contribution is -0.0833. The first kappa shape index (κ1) is 15.1. The predicted molar refractivity (Wildman–Crippen MR) is 89.0 cm³/mol. The van der Waals surface area contributed by atoms with Gasteiger partial charge in [0.1, 0.15) is 0 Å². The van der Waals surface area contributed by atoms with Crippen molar-refractivity contribution in [1.29, 1.82) is 0 Å². The second kappa shape index (κ2) is 4.59. The minimum Gasteiger partial charge on any atom is -0.385 e. The number of hydrogen-bond donors (Lipinski definition) is 1. The van der Waals surface area contributed by atoms with Gasteiger partial charge in [-0.1, -0.05) is 46.4 Å². The van der Waals surface area contributed by atoms with E-state index in [4.69, 9.17) is 0 Å². The van der Waals surface area contributed by atoms with Gasteiger partial charge in [-0.05, 0) is 66.6 Å². The molecule has 116 valence electrons. The Balaban J connectivity index is 2.06. The lowest BCUT2D eigenvalue weighted by atomic mass is 9.57. The van der Waals surface area contributed by atoms with Crippen molar-refractivity contribution < 1.29 is 5.11 Å². The van der Waals surface area contributed by atoms with Crippen LogP contribution in [0.15, 0.2) is 35.5 Å². The van der Waals surface area contributed by atoms with Gasteiger partial charge in [-0.15, -0.1) is 0 Å². The monoisotopic (exact) mass is 286 g/mol.